The van der Waals surface area contributed by atoms with Crippen molar-refractivity contribution in [1.29, 1.82) is 0 Å². The van der Waals surface area contributed by atoms with Crippen molar-refractivity contribution in [3.05, 3.63) is 56.8 Å². The minimum Gasteiger partial charge on any atom is -0.330 e. The van der Waals surface area contributed by atoms with Gasteiger partial charge in [0.25, 0.3) is 0 Å². The van der Waals surface area contributed by atoms with Crippen LogP contribution in [0.1, 0.15) is 5.56 Å². The van der Waals surface area contributed by atoms with Gasteiger partial charge in [-0.1, -0.05) is 15.9 Å². The van der Waals surface area contributed by atoms with E-state index in [1.54, 1.807) is 29.7 Å². The number of hydrogen-bond acceptors (Lipinski definition) is 1. The van der Waals surface area contributed by atoms with Crippen LogP contribution in [-0.4, -0.2) is 9.55 Å². The molecule has 0 aliphatic carbocycles. The lowest BCUT2D eigenvalue weighted by molar-refractivity contribution is 0.617. The zero-order chi connectivity index (χ0) is 14.4. The third-order valence-corrected chi connectivity index (χ3v) is 3.89. The van der Waals surface area contributed by atoms with Gasteiger partial charge in [0.2, 0.25) is 0 Å². The minimum absolute atomic E-state index is 0.322. The van der Waals surface area contributed by atoms with Crippen molar-refractivity contribution in [1.82, 2.24) is 9.55 Å². The van der Waals surface area contributed by atoms with Gasteiger partial charge in [-0.25, -0.2) is 8.78 Å². The molecule has 102 valence electrons. The number of nitrogens with one attached hydrogen (secondary N) is 1. The van der Waals surface area contributed by atoms with Gasteiger partial charge in [0.05, 0.1) is 16.7 Å². The molecule has 0 spiro atoms. The Morgan fingerprint density at radius 1 is 1.15 bits per heavy atom. The summed E-state index contributed by atoms with van der Waals surface area (Å²) in [5.74, 6) is -0.726. The van der Waals surface area contributed by atoms with Crippen LogP contribution in [0.2, 0.25) is 0 Å². The molecule has 0 amide bonds. The number of halogens is 3. The molecule has 2 aromatic carbocycles. The van der Waals surface area contributed by atoms with Gasteiger partial charge in [-0.3, -0.25) is 4.57 Å². The van der Waals surface area contributed by atoms with Crippen LogP contribution in [0.5, 0.6) is 0 Å². The molecule has 0 aliphatic rings. The van der Waals surface area contributed by atoms with Crippen LogP contribution >= 0.6 is 28.1 Å². The number of benzene rings is 2. The summed E-state index contributed by atoms with van der Waals surface area (Å²) in [7, 11) is 0. The fraction of sp³-hybridized carbons (Fsp3) is 0.0714. The van der Waals surface area contributed by atoms with E-state index in [1.165, 1.54) is 12.1 Å². The molecule has 1 heterocycles. The lowest BCUT2D eigenvalue weighted by Gasteiger charge is -2.07. The summed E-state index contributed by atoms with van der Waals surface area (Å²) in [5, 5.41) is 0. The van der Waals surface area contributed by atoms with Crippen LogP contribution in [-0.2, 0) is 0 Å². The van der Waals surface area contributed by atoms with Crippen molar-refractivity contribution in [2.45, 2.75) is 6.92 Å². The maximum atomic E-state index is 14.1. The van der Waals surface area contributed by atoms with Gasteiger partial charge in [0.1, 0.15) is 11.6 Å². The van der Waals surface area contributed by atoms with Gasteiger partial charge < -0.3 is 4.98 Å². The molecule has 0 bridgehead atoms. The topological polar surface area (TPSA) is 20.7 Å². The zero-order valence-corrected chi connectivity index (χ0v) is 12.8. The standard InChI is InChI=1S/C14H9BrF2N2S/c1-7-4-13-11(6-9(7)16)18-14(20)19(13)12-3-2-8(15)5-10(12)17/h2-6H,1H3,(H,18,20). The fourth-order valence-corrected chi connectivity index (χ4v) is 2.77. The maximum absolute atomic E-state index is 14.1. The molecule has 0 unspecified atom stereocenters. The van der Waals surface area contributed by atoms with E-state index >= 15 is 0 Å². The molecule has 1 N–H and O–H groups in total. The molecule has 1 aromatic heterocycles. The Morgan fingerprint density at radius 3 is 2.60 bits per heavy atom. The summed E-state index contributed by atoms with van der Waals surface area (Å²) >= 11 is 8.44. The van der Waals surface area contributed by atoms with Gasteiger partial charge in [0, 0.05) is 4.47 Å². The number of aryl methyl sites for hydroxylation is 1. The van der Waals surface area contributed by atoms with Gasteiger partial charge in [-0.15, -0.1) is 0 Å². The van der Waals surface area contributed by atoms with Crippen molar-refractivity contribution in [2.24, 2.45) is 0 Å². The Kier molecular flexibility index (Phi) is 3.22. The molecule has 0 aliphatic heterocycles. The molecule has 3 aromatic rings. The van der Waals surface area contributed by atoms with Gasteiger partial charge >= 0.3 is 0 Å². The summed E-state index contributed by atoms with van der Waals surface area (Å²) in [5.41, 5.74) is 2.00. The highest BCUT2D eigenvalue weighted by Crippen LogP contribution is 2.25. The van der Waals surface area contributed by atoms with E-state index in [2.05, 4.69) is 20.9 Å². The summed E-state index contributed by atoms with van der Waals surface area (Å²) in [4.78, 5) is 2.89. The molecule has 2 nitrogen and oxygen atoms in total. The van der Waals surface area contributed by atoms with E-state index < -0.39 is 5.82 Å². The maximum Gasteiger partial charge on any atom is 0.182 e. The lowest BCUT2D eigenvalue weighted by Crippen LogP contribution is -1.98. The van der Waals surface area contributed by atoms with Crippen molar-refractivity contribution >= 4 is 39.2 Å². The monoisotopic (exact) mass is 354 g/mol. The predicted molar refractivity (Wildman–Crippen MR) is 80.8 cm³/mol. The number of rotatable bonds is 1. The summed E-state index contributed by atoms with van der Waals surface area (Å²) < 4.78 is 30.2. The number of hydrogen-bond donors (Lipinski definition) is 1. The molecular formula is C14H9BrF2N2S. The largest absolute Gasteiger partial charge is 0.330 e. The second-order valence-corrected chi connectivity index (χ2v) is 5.78. The first kappa shape index (κ1) is 13.5. The summed E-state index contributed by atoms with van der Waals surface area (Å²) in [6, 6.07) is 7.75. The third-order valence-electron chi connectivity index (χ3n) is 3.11. The van der Waals surface area contributed by atoms with Gasteiger partial charge in [0.15, 0.2) is 4.77 Å². The van der Waals surface area contributed by atoms with Crippen LogP contribution < -0.4 is 0 Å². The molecule has 3 rings (SSSR count). The molecule has 0 saturated carbocycles. The SMILES string of the molecule is Cc1cc2c(cc1F)[nH]c(=S)n2-c1ccc(Br)cc1F. The van der Waals surface area contributed by atoms with Gasteiger partial charge in [-0.2, -0.15) is 0 Å². The number of imidazole rings is 1. The molecule has 0 radical (unpaired) electrons. The Labute approximate surface area is 127 Å². The number of fused-ring (bicyclic) bond motifs is 1. The quantitative estimate of drug-likeness (QED) is 0.607. The Balaban J connectivity index is 2.39. The van der Waals surface area contributed by atoms with Crippen molar-refractivity contribution in [2.75, 3.05) is 0 Å². The molecular weight excluding hydrogens is 346 g/mol. The van der Waals surface area contributed by atoms with E-state index in [0.29, 0.717) is 31.5 Å². The van der Waals surface area contributed by atoms with Crippen molar-refractivity contribution < 1.29 is 8.78 Å². The smallest absolute Gasteiger partial charge is 0.182 e. The zero-order valence-electron chi connectivity index (χ0n) is 10.4. The number of aromatic nitrogens is 2. The Bertz CT molecular complexity index is 883. The van der Waals surface area contributed by atoms with E-state index in [1.807, 2.05) is 0 Å². The van der Waals surface area contributed by atoms with Crippen molar-refractivity contribution in [3.8, 4) is 5.69 Å². The average Bonchev–Trinajstić information content (AvgIpc) is 2.66. The Hall–Kier alpha value is -1.53. The molecule has 6 heteroatoms. The highest BCUT2D eigenvalue weighted by atomic mass is 79.9. The molecule has 0 fully saturated rings. The second kappa shape index (κ2) is 4.79. The van der Waals surface area contributed by atoms with Crippen LogP contribution in [0.4, 0.5) is 8.78 Å². The van der Waals surface area contributed by atoms with Gasteiger partial charge in [-0.05, 0) is 55.0 Å². The van der Waals surface area contributed by atoms with Crippen LogP contribution in [0.15, 0.2) is 34.8 Å². The minimum atomic E-state index is -0.404. The van der Waals surface area contributed by atoms with E-state index in [0.717, 1.165) is 0 Å². The fourth-order valence-electron chi connectivity index (χ4n) is 2.13. The molecule has 0 atom stereocenters. The first-order valence-corrected chi connectivity index (χ1v) is 7.04. The Morgan fingerprint density at radius 2 is 1.90 bits per heavy atom. The highest BCUT2D eigenvalue weighted by Gasteiger charge is 2.12. The van der Waals surface area contributed by atoms with Crippen molar-refractivity contribution in [3.63, 3.8) is 0 Å². The molecule has 0 saturated heterocycles. The summed E-state index contributed by atoms with van der Waals surface area (Å²) in [6.07, 6.45) is 0. The number of aromatic amines is 1. The number of nitrogens with zero attached hydrogens (tertiary/aromatic N) is 1. The highest BCUT2D eigenvalue weighted by molar-refractivity contribution is 9.10. The predicted octanol–water partition coefficient (Wildman–Crippen LogP) is 5.04. The van der Waals surface area contributed by atoms with Crippen LogP contribution in [0.25, 0.3) is 16.7 Å². The van der Waals surface area contributed by atoms with Crippen LogP contribution in [0.3, 0.4) is 0 Å². The normalized spacial score (nSPS) is 11.2. The van der Waals surface area contributed by atoms with Crippen LogP contribution in [0, 0.1) is 23.3 Å². The van der Waals surface area contributed by atoms with E-state index in [9.17, 15) is 8.78 Å². The lowest BCUT2D eigenvalue weighted by atomic mass is 10.2. The second-order valence-electron chi connectivity index (χ2n) is 4.48. The molecule has 20 heavy (non-hydrogen) atoms. The summed E-state index contributed by atoms with van der Waals surface area (Å²) in [6.45, 7) is 1.66. The van der Waals surface area contributed by atoms with E-state index in [4.69, 9.17) is 12.2 Å². The first-order chi connectivity index (χ1) is 9.47. The number of H-pyrrole nitrogens is 1. The third kappa shape index (κ3) is 2.09. The van der Waals surface area contributed by atoms with E-state index in [-0.39, 0.29) is 5.82 Å². The first-order valence-electron chi connectivity index (χ1n) is 5.83. The average molecular weight is 355 g/mol.